The van der Waals surface area contributed by atoms with Gasteiger partial charge in [-0.05, 0) is 43.5 Å². The molecule has 0 aliphatic carbocycles. The van der Waals surface area contributed by atoms with Crippen LogP contribution >= 0.6 is 15.9 Å². The van der Waals surface area contributed by atoms with Crippen LogP contribution in [0, 0.1) is 0 Å². The zero-order chi connectivity index (χ0) is 14.3. The van der Waals surface area contributed by atoms with Crippen LogP contribution in [0.5, 0.6) is 5.75 Å². The maximum atomic E-state index is 11.1. The van der Waals surface area contributed by atoms with Crippen LogP contribution in [-0.4, -0.2) is 25.6 Å². The van der Waals surface area contributed by atoms with Crippen molar-refractivity contribution >= 4 is 21.8 Å². The molecule has 19 heavy (non-hydrogen) atoms. The molecule has 0 fully saturated rings. The van der Waals surface area contributed by atoms with E-state index in [0.29, 0.717) is 19.4 Å². The Balaban J connectivity index is 2.48. The SMILES string of the molecule is CNC(=O)CCCOc1ccc(Br)c(CC(C)N)c1. The van der Waals surface area contributed by atoms with Gasteiger partial charge >= 0.3 is 0 Å². The van der Waals surface area contributed by atoms with Crippen LogP contribution in [0.25, 0.3) is 0 Å². The molecule has 0 spiro atoms. The van der Waals surface area contributed by atoms with Gasteiger partial charge in [0, 0.05) is 24.0 Å². The Kier molecular flexibility index (Phi) is 6.87. The summed E-state index contributed by atoms with van der Waals surface area (Å²) in [7, 11) is 1.64. The fourth-order valence-corrected chi connectivity index (χ4v) is 2.10. The highest BCUT2D eigenvalue weighted by atomic mass is 79.9. The molecule has 0 heterocycles. The molecular formula is C14H21BrN2O2. The smallest absolute Gasteiger partial charge is 0.219 e. The zero-order valence-corrected chi connectivity index (χ0v) is 13.0. The van der Waals surface area contributed by atoms with E-state index < -0.39 is 0 Å². The molecule has 0 bridgehead atoms. The van der Waals surface area contributed by atoms with Crippen molar-refractivity contribution in [1.29, 1.82) is 0 Å². The Bertz CT molecular complexity index is 422. The van der Waals surface area contributed by atoms with Gasteiger partial charge in [0.1, 0.15) is 5.75 Å². The van der Waals surface area contributed by atoms with E-state index >= 15 is 0 Å². The number of nitrogens with two attached hydrogens (primary N) is 1. The highest BCUT2D eigenvalue weighted by Gasteiger charge is 2.05. The number of nitrogens with one attached hydrogen (secondary N) is 1. The summed E-state index contributed by atoms with van der Waals surface area (Å²) in [6.07, 6.45) is 1.99. The Labute approximate surface area is 122 Å². The number of benzene rings is 1. The molecule has 0 aliphatic heterocycles. The topological polar surface area (TPSA) is 64.3 Å². The lowest BCUT2D eigenvalue weighted by Gasteiger charge is -2.11. The number of ether oxygens (including phenoxy) is 1. The Morgan fingerprint density at radius 3 is 2.89 bits per heavy atom. The molecular weight excluding hydrogens is 308 g/mol. The number of rotatable bonds is 7. The van der Waals surface area contributed by atoms with Crippen molar-refractivity contribution in [3.8, 4) is 5.75 Å². The summed E-state index contributed by atoms with van der Waals surface area (Å²) >= 11 is 3.51. The van der Waals surface area contributed by atoms with Gasteiger partial charge in [-0.1, -0.05) is 15.9 Å². The third kappa shape index (κ3) is 6.07. The predicted octanol–water partition coefficient (Wildman–Crippen LogP) is 2.24. The van der Waals surface area contributed by atoms with Crippen molar-refractivity contribution in [3.63, 3.8) is 0 Å². The summed E-state index contributed by atoms with van der Waals surface area (Å²) in [6, 6.07) is 5.98. The Morgan fingerprint density at radius 2 is 2.26 bits per heavy atom. The van der Waals surface area contributed by atoms with E-state index in [0.717, 1.165) is 22.2 Å². The minimum Gasteiger partial charge on any atom is -0.494 e. The summed E-state index contributed by atoms with van der Waals surface area (Å²) in [5.41, 5.74) is 6.95. The normalized spacial score (nSPS) is 12.0. The quantitative estimate of drug-likeness (QED) is 0.754. The molecule has 0 radical (unpaired) electrons. The van der Waals surface area contributed by atoms with Gasteiger partial charge in [-0.15, -0.1) is 0 Å². The molecule has 4 nitrogen and oxygen atoms in total. The van der Waals surface area contributed by atoms with E-state index in [2.05, 4.69) is 21.2 Å². The van der Waals surface area contributed by atoms with Crippen LogP contribution in [0.2, 0.25) is 0 Å². The summed E-state index contributed by atoms with van der Waals surface area (Å²) in [5.74, 6) is 0.854. The van der Waals surface area contributed by atoms with E-state index in [1.807, 2.05) is 25.1 Å². The Morgan fingerprint density at radius 1 is 1.53 bits per heavy atom. The van der Waals surface area contributed by atoms with Gasteiger partial charge in [-0.3, -0.25) is 4.79 Å². The van der Waals surface area contributed by atoms with E-state index in [1.54, 1.807) is 7.05 Å². The molecule has 3 N–H and O–H groups in total. The molecule has 1 atom stereocenters. The largest absolute Gasteiger partial charge is 0.494 e. The second kappa shape index (κ2) is 8.17. The monoisotopic (exact) mass is 328 g/mol. The summed E-state index contributed by atoms with van der Waals surface area (Å²) in [5, 5.41) is 2.59. The molecule has 5 heteroatoms. The molecule has 0 saturated carbocycles. The molecule has 0 aromatic heterocycles. The third-order valence-corrected chi connectivity index (χ3v) is 3.43. The van der Waals surface area contributed by atoms with E-state index in [1.165, 1.54) is 0 Å². The minimum atomic E-state index is 0.0389. The molecule has 0 aliphatic rings. The number of amides is 1. The lowest BCUT2D eigenvalue weighted by atomic mass is 10.1. The average Bonchev–Trinajstić information content (AvgIpc) is 2.37. The lowest BCUT2D eigenvalue weighted by molar-refractivity contribution is -0.120. The molecule has 1 rings (SSSR count). The first kappa shape index (κ1) is 16.0. The van der Waals surface area contributed by atoms with Gasteiger partial charge < -0.3 is 15.8 Å². The van der Waals surface area contributed by atoms with Gasteiger partial charge in [-0.2, -0.15) is 0 Å². The molecule has 1 aromatic carbocycles. The third-order valence-electron chi connectivity index (χ3n) is 2.65. The summed E-state index contributed by atoms with van der Waals surface area (Å²) in [6.45, 7) is 2.51. The van der Waals surface area contributed by atoms with E-state index in [9.17, 15) is 4.79 Å². The number of hydrogen-bond acceptors (Lipinski definition) is 3. The summed E-state index contributed by atoms with van der Waals surface area (Å²) < 4.78 is 6.68. The van der Waals surface area contributed by atoms with E-state index in [4.69, 9.17) is 10.5 Å². The van der Waals surface area contributed by atoms with Crippen LogP contribution in [0.1, 0.15) is 25.3 Å². The van der Waals surface area contributed by atoms with Gasteiger partial charge in [0.15, 0.2) is 0 Å². The highest BCUT2D eigenvalue weighted by Crippen LogP contribution is 2.23. The van der Waals surface area contributed by atoms with Crippen molar-refractivity contribution in [2.24, 2.45) is 5.73 Å². The Hall–Kier alpha value is -1.07. The highest BCUT2D eigenvalue weighted by molar-refractivity contribution is 9.10. The number of carbonyl (C=O) groups excluding carboxylic acids is 1. The molecule has 0 saturated heterocycles. The van der Waals surface area contributed by atoms with Crippen LogP contribution in [-0.2, 0) is 11.2 Å². The van der Waals surface area contributed by atoms with Crippen LogP contribution in [0.3, 0.4) is 0 Å². The maximum Gasteiger partial charge on any atom is 0.219 e. The number of hydrogen-bond donors (Lipinski definition) is 2. The fourth-order valence-electron chi connectivity index (χ4n) is 1.69. The number of halogens is 1. The van der Waals surface area contributed by atoms with Crippen molar-refractivity contribution in [1.82, 2.24) is 5.32 Å². The fraction of sp³-hybridized carbons (Fsp3) is 0.500. The first-order valence-corrected chi connectivity index (χ1v) is 7.19. The molecule has 1 amide bonds. The van der Waals surface area contributed by atoms with Crippen LogP contribution < -0.4 is 15.8 Å². The van der Waals surface area contributed by atoms with Crippen molar-refractivity contribution in [2.75, 3.05) is 13.7 Å². The van der Waals surface area contributed by atoms with Gasteiger partial charge in [-0.25, -0.2) is 0 Å². The van der Waals surface area contributed by atoms with Gasteiger partial charge in [0.2, 0.25) is 5.91 Å². The predicted molar refractivity (Wildman–Crippen MR) is 80.3 cm³/mol. The number of carbonyl (C=O) groups is 1. The van der Waals surface area contributed by atoms with Gasteiger partial charge in [0.05, 0.1) is 6.61 Å². The molecule has 1 aromatic rings. The second-order valence-electron chi connectivity index (χ2n) is 4.56. The van der Waals surface area contributed by atoms with Crippen molar-refractivity contribution in [3.05, 3.63) is 28.2 Å². The molecule has 106 valence electrons. The second-order valence-corrected chi connectivity index (χ2v) is 5.41. The van der Waals surface area contributed by atoms with Crippen molar-refractivity contribution in [2.45, 2.75) is 32.2 Å². The minimum absolute atomic E-state index is 0.0389. The molecule has 1 unspecified atom stereocenters. The van der Waals surface area contributed by atoms with Crippen LogP contribution in [0.4, 0.5) is 0 Å². The lowest BCUT2D eigenvalue weighted by Crippen LogP contribution is -2.18. The average molecular weight is 329 g/mol. The first-order valence-electron chi connectivity index (χ1n) is 6.40. The van der Waals surface area contributed by atoms with Gasteiger partial charge in [0.25, 0.3) is 0 Å². The maximum absolute atomic E-state index is 11.1. The first-order chi connectivity index (χ1) is 9.02. The van der Waals surface area contributed by atoms with Crippen LogP contribution in [0.15, 0.2) is 22.7 Å². The van der Waals surface area contributed by atoms with E-state index in [-0.39, 0.29) is 11.9 Å². The summed E-state index contributed by atoms with van der Waals surface area (Å²) in [4.78, 5) is 11.1. The standard InChI is InChI=1S/C14H21BrN2O2/c1-10(16)8-11-9-12(5-6-13(11)15)19-7-3-4-14(18)17-2/h5-6,9-10H,3-4,7-8,16H2,1-2H3,(H,17,18). The zero-order valence-electron chi connectivity index (χ0n) is 11.4. The van der Waals surface area contributed by atoms with Crippen molar-refractivity contribution < 1.29 is 9.53 Å².